The van der Waals surface area contributed by atoms with Gasteiger partial charge in [0.1, 0.15) is 11.9 Å². The molecule has 0 spiro atoms. The molecule has 8 nitrogen and oxygen atoms in total. The number of nitrogens with two attached hydrogens (primary N) is 1. The molecule has 0 fully saturated rings. The van der Waals surface area contributed by atoms with Gasteiger partial charge in [-0.15, -0.1) is 0 Å². The van der Waals surface area contributed by atoms with Crippen molar-refractivity contribution >= 4 is 17.5 Å². The first-order valence-electron chi connectivity index (χ1n) is 5.84. The summed E-state index contributed by atoms with van der Waals surface area (Å²) in [6.45, 7) is 0.501. The van der Waals surface area contributed by atoms with Gasteiger partial charge in [-0.3, -0.25) is 10.1 Å². The third-order valence-electron chi connectivity index (χ3n) is 2.52. The number of hydrogen-bond acceptors (Lipinski definition) is 6. The Bertz CT molecular complexity index is 452. The molecule has 0 saturated carbocycles. The molecule has 0 bridgehead atoms. The van der Waals surface area contributed by atoms with Gasteiger partial charge in [0.05, 0.1) is 11.0 Å². The molecule has 0 amide bonds. The molecule has 1 aromatic rings. The number of aromatic nitrogens is 1. The van der Waals surface area contributed by atoms with Crippen LogP contribution in [0.3, 0.4) is 0 Å². The molecule has 0 aromatic carbocycles. The molecule has 0 aliphatic heterocycles. The van der Waals surface area contributed by atoms with E-state index >= 15 is 0 Å². The van der Waals surface area contributed by atoms with Crippen LogP contribution in [0.1, 0.15) is 19.3 Å². The summed E-state index contributed by atoms with van der Waals surface area (Å²) in [5, 5.41) is 22.3. The van der Waals surface area contributed by atoms with Crippen LogP contribution in [0.25, 0.3) is 0 Å². The van der Waals surface area contributed by atoms with Gasteiger partial charge in [-0.2, -0.15) is 0 Å². The van der Waals surface area contributed by atoms with Crippen molar-refractivity contribution in [3.63, 3.8) is 0 Å². The highest BCUT2D eigenvalue weighted by Crippen LogP contribution is 2.16. The number of anilines is 1. The Hall–Kier alpha value is -2.22. The highest BCUT2D eigenvalue weighted by molar-refractivity contribution is 5.76. The van der Waals surface area contributed by atoms with Gasteiger partial charge in [-0.1, -0.05) is 0 Å². The molecule has 1 atom stereocenters. The van der Waals surface area contributed by atoms with Gasteiger partial charge in [0, 0.05) is 12.3 Å². The van der Waals surface area contributed by atoms with E-state index in [9.17, 15) is 14.9 Å². The Balaban J connectivity index is 2.70. The number of rotatable bonds is 8. The smallest absolute Gasteiger partial charge is 0.326 e. The first-order chi connectivity index (χ1) is 9.04. The summed E-state index contributed by atoms with van der Waals surface area (Å²) >= 11 is 0. The second kappa shape index (κ2) is 7.27. The summed E-state index contributed by atoms with van der Waals surface area (Å²) in [6, 6.07) is 1.62. The molecule has 0 aliphatic rings. The Morgan fingerprint density at radius 3 is 2.89 bits per heavy atom. The van der Waals surface area contributed by atoms with E-state index in [1.807, 2.05) is 0 Å². The SMILES string of the molecule is NCCCC[C@H](Nc1cc([N+](=O)[O-])ccn1)C(=O)O. The normalized spacial score (nSPS) is 11.8. The maximum absolute atomic E-state index is 11.1. The fourth-order valence-electron chi connectivity index (χ4n) is 1.54. The van der Waals surface area contributed by atoms with E-state index in [0.717, 1.165) is 6.42 Å². The number of aliphatic carboxylic acids is 1. The minimum Gasteiger partial charge on any atom is -0.480 e. The largest absolute Gasteiger partial charge is 0.480 e. The molecule has 104 valence electrons. The number of nitrogens with one attached hydrogen (secondary N) is 1. The minimum absolute atomic E-state index is 0.136. The lowest BCUT2D eigenvalue weighted by Gasteiger charge is -2.14. The molecular formula is C11H16N4O4. The van der Waals surface area contributed by atoms with Gasteiger partial charge in [0.15, 0.2) is 0 Å². The van der Waals surface area contributed by atoms with E-state index in [1.165, 1.54) is 18.3 Å². The van der Waals surface area contributed by atoms with E-state index < -0.39 is 16.9 Å². The number of unbranched alkanes of at least 4 members (excludes halogenated alkanes) is 1. The zero-order chi connectivity index (χ0) is 14.3. The summed E-state index contributed by atoms with van der Waals surface area (Å²) in [7, 11) is 0. The topological polar surface area (TPSA) is 131 Å². The minimum atomic E-state index is -1.02. The molecule has 0 saturated heterocycles. The first kappa shape index (κ1) is 14.8. The lowest BCUT2D eigenvalue weighted by atomic mass is 10.1. The van der Waals surface area contributed by atoms with Crippen molar-refractivity contribution < 1.29 is 14.8 Å². The summed E-state index contributed by atoms with van der Waals surface area (Å²) in [5.41, 5.74) is 5.21. The molecule has 0 unspecified atom stereocenters. The van der Waals surface area contributed by atoms with Crippen molar-refractivity contribution in [1.29, 1.82) is 0 Å². The van der Waals surface area contributed by atoms with Crippen LogP contribution in [-0.4, -0.2) is 33.6 Å². The second-order valence-corrected chi connectivity index (χ2v) is 3.98. The van der Waals surface area contributed by atoms with E-state index in [-0.39, 0.29) is 11.5 Å². The average Bonchev–Trinajstić information content (AvgIpc) is 2.38. The molecule has 1 aromatic heterocycles. The Kier molecular flexibility index (Phi) is 5.68. The van der Waals surface area contributed by atoms with E-state index in [4.69, 9.17) is 10.8 Å². The second-order valence-electron chi connectivity index (χ2n) is 3.98. The van der Waals surface area contributed by atoms with E-state index in [1.54, 1.807) is 0 Å². The summed E-state index contributed by atoms with van der Waals surface area (Å²) in [6.07, 6.45) is 3.04. The van der Waals surface area contributed by atoms with Crippen molar-refractivity contribution in [3.05, 3.63) is 28.4 Å². The van der Waals surface area contributed by atoms with Crippen LogP contribution in [-0.2, 0) is 4.79 Å². The van der Waals surface area contributed by atoms with E-state index in [0.29, 0.717) is 19.4 Å². The Labute approximate surface area is 109 Å². The Morgan fingerprint density at radius 2 is 2.32 bits per heavy atom. The third kappa shape index (κ3) is 4.88. The quantitative estimate of drug-likeness (QED) is 0.364. The number of carbonyl (C=O) groups is 1. The monoisotopic (exact) mass is 268 g/mol. The van der Waals surface area contributed by atoms with Gasteiger partial charge in [0.25, 0.3) is 5.69 Å². The Morgan fingerprint density at radius 1 is 1.58 bits per heavy atom. The number of hydrogen-bond donors (Lipinski definition) is 3. The van der Waals surface area contributed by atoms with Crippen LogP contribution in [0.2, 0.25) is 0 Å². The standard InChI is InChI=1S/C11H16N4O4/c12-5-2-1-3-9(11(16)17)14-10-7-8(15(18)19)4-6-13-10/h4,6-7,9H,1-3,5,12H2,(H,13,14)(H,16,17)/t9-/m0/s1. The van der Waals surface area contributed by atoms with Crippen molar-refractivity contribution in [2.75, 3.05) is 11.9 Å². The molecule has 8 heteroatoms. The molecule has 4 N–H and O–H groups in total. The summed E-state index contributed by atoms with van der Waals surface area (Å²) in [5.74, 6) is -0.848. The number of carboxylic acids is 1. The highest BCUT2D eigenvalue weighted by atomic mass is 16.6. The van der Waals surface area contributed by atoms with Crippen LogP contribution in [0.4, 0.5) is 11.5 Å². The maximum atomic E-state index is 11.1. The third-order valence-corrected chi connectivity index (χ3v) is 2.52. The molecule has 0 radical (unpaired) electrons. The summed E-state index contributed by atoms with van der Waals surface area (Å²) in [4.78, 5) is 25.0. The summed E-state index contributed by atoms with van der Waals surface area (Å²) < 4.78 is 0. The number of pyridine rings is 1. The van der Waals surface area contributed by atoms with Crippen molar-refractivity contribution in [2.24, 2.45) is 5.73 Å². The van der Waals surface area contributed by atoms with Gasteiger partial charge < -0.3 is 16.2 Å². The zero-order valence-electron chi connectivity index (χ0n) is 10.3. The van der Waals surface area contributed by atoms with Crippen LogP contribution in [0.5, 0.6) is 0 Å². The average molecular weight is 268 g/mol. The van der Waals surface area contributed by atoms with Crippen molar-refractivity contribution in [1.82, 2.24) is 4.98 Å². The maximum Gasteiger partial charge on any atom is 0.326 e. The van der Waals surface area contributed by atoms with Gasteiger partial charge >= 0.3 is 5.97 Å². The van der Waals surface area contributed by atoms with Crippen molar-refractivity contribution in [3.8, 4) is 0 Å². The number of carboxylic acid groups (broad SMARTS) is 1. The fraction of sp³-hybridized carbons (Fsp3) is 0.455. The first-order valence-corrected chi connectivity index (χ1v) is 5.84. The van der Waals surface area contributed by atoms with Crippen LogP contribution < -0.4 is 11.1 Å². The van der Waals surface area contributed by atoms with Crippen LogP contribution in [0, 0.1) is 10.1 Å². The number of nitro groups is 1. The van der Waals surface area contributed by atoms with Gasteiger partial charge in [0.2, 0.25) is 0 Å². The molecule has 1 heterocycles. The van der Waals surface area contributed by atoms with Gasteiger partial charge in [-0.05, 0) is 25.8 Å². The van der Waals surface area contributed by atoms with Crippen molar-refractivity contribution in [2.45, 2.75) is 25.3 Å². The number of nitrogens with zero attached hydrogens (tertiary/aromatic N) is 2. The molecular weight excluding hydrogens is 252 g/mol. The lowest BCUT2D eigenvalue weighted by Crippen LogP contribution is -2.29. The van der Waals surface area contributed by atoms with Crippen LogP contribution >= 0.6 is 0 Å². The molecule has 1 rings (SSSR count). The molecule has 0 aliphatic carbocycles. The van der Waals surface area contributed by atoms with E-state index in [2.05, 4.69) is 10.3 Å². The highest BCUT2D eigenvalue weighted by Gasteiger charge is 2.18. The predicted octanol–water partition coefficient (Wildman–Crippen LogP) is 0.984. The van der Waals surface area contributed by atoms with Gasteiger partial charge in [-0.25, -0.2) is 9.78 Å². The van der Waals surface area contributed by atoms with Crippen LogP contribution in [0.15, 0.2) is 18.3 Å². The fourth-order valence-corrected chi connectivity index (χ4v) is 1.54. The lowest BCUT2D eigenvalue weighted by molar-refractivity contribution is -0.384. The zero-order valence-corrected chi connectivity index (χ0v) is 10.3. The molecule has 19 heavy (non-hydrogen) atoms. The predicted molar refractivity (Wildman–Crippen MR) is 68.8 cm³/mol.